The third kappa shape index (κ3) is 4.05. The van der Waals surface area contributed by atoms with E-state index < -0.39 is 17.7 Å². The number of aromatic nitrogens is 3. The Balaban J connectivity index is 1.69. The van der Waals surface area contributed by atoms with Crippen LogP contribution in [-0.4, -0.2) is 80.8 Å². The highest BCUT2D eigenvalue weighted by Crippen LogP contribution is 2.40. The fourth-order valence-electron chi connectivity index (χ4n) is 4.54. The van der Waals surface area contributed by atoms with Crippen molar-refractivity contribution in [2.75, 3.05) is 39.4 Å². The molecule has 2 aliphatic heterocycles. The van der Waals surface area contributed by atoms with E-state index in [1.54, 1.807) is 42.0 Å². The Labute approximate surface area is 187 Å². The van der Waals surface area contributed by atoms with Gasteiger partial charge >= 0.3 is 0 Å². The molecule has 1 amide bonds. The Kier molecular flexibility index (Phi) is 6.38. The number of ether oxygens (including phenoxy) is 1. The number of hydrogen-bond donors (Lipinski definition) is 1. The zero-order chi connectivity index (χ0) is 22.8. The molecule has 0 spiro atoms. The highest BCUT2D eigenvalue weighted by molar-refractivity contribution is 6.46. The molecule has 9 nitrogen and oxygen atoms in total. The number of rotatable bonds is 6. The molecule has 2 aromatic rings. The summed E-state index contributed by atoms with van der Waals surface area (Å²) in [6, 6.07) is 2.91. The molecule has 1 N–H and O–H groups in total. The van der Waals surface area contributed by atoms with Gasteiger partial charge < -0.3 is 14.7 Å². The van der Waals surface area contributed by atoms with Gasteiger partial charge in [-0.1, -0.05) is 6.07 Å². The Morgan fingerprint density at radius 1 is 1.22 bits per heavy atom. The molecule has 0 saturated carbocycles. The lowest BCUT2D eigenvalue weighted by Gasteiger charge is -2.29. The largest absolute Gasteiger partial charge is 0.507 e. The van der Waals surface area contributed by atoms with E-state index in [0.29, 0.717) is 36.6 Å². The van der Waals surface area contributed by atoms with E-state index in [0.717, 1.165) is 31.7 Å². The summed E-state index contributed by atoms with van der Waals surface area (Å²) in [5.74, 6) is -1.46. The number of aliphatic hydroxyl groups excluding tert-OH is 1. The Bertz CT molecular complexity index is 1040. The first kappa shape index (κ1) is 22.2. The smallest absolute Gasteiger partial charge is 0.295 e. The zero-order valence-electron chi connectivity index (χ0n) is 18.7. The normalized spacial score (nSPS) is 21.5. The van der Waals surface area contributed by atoms with Gasteiger partial charge in [-0.2, -0.15) is 5.10 Å². The molecule has 2 saturated heterocycles. The molecule has 0 aliphatic carbocycles. The van der Waals surface area contributed by atoms with Gasteiger partial charge in [0.1, 0.15) is 5.76 Å². The van der Waals surface area contributed by atoms with Crippen molar-refractivity contribution in [1.29, 1.82) is 0 Å². The number of pyridine rings is 1. The van der Waals surface area contributed by atoms with E-state index in [1.165, 1.54) is 0 Å². The standard InChI is InChI=1S/C23H29N5O4/c1-15-18(16(2)26(3)25-15)21(29)19-20(17-6-4-7-24-14-17)28(23(31)22(19)30)9-5-8-27-10-12-32-13-11-27/h4,6-7,14,20,29H,5,8-13H2,1-3H3/b21-19+/t20-/m1/s1. The number of amides is 1. The molecular weight excluding hydrogens is 410 g/mol. The van der Waals surface area contributed by atoms with E-state index in [2.05, 4.69) is 15.0 Å². The van der Waals surface area contributed by atoms with Crippen LogP contribution in [0.4, 0.5) is 0 Å². The van der Waals surface area contributed by atoms with Gasteiger partial charge in [0.2, 0.25) is 0 Å². The van der Waals surface area contributed by atoms with Crippen molar-refractivity contribution >= 4 is 17.4 Å². The van der Waals surface area contributed by atoms with Crippen molar-refractivity contribution in [3.63, 3.8) is 0 Å². The predicted molar refractivity (Wildman–Crippen MR) is 118 cm³/mol. The third-order valence-electron chi connectivity index (χ3n) is 6.26. The summed E-state index contributed by atoms with van der Waals surface area (Å²) in [5, 5.41) is 15.6. The van der Waals surface area contributed by atoms with E-state index in [-0.39, 0.29) is 11.3 Å². The highest BCUT2D eigenvalue weighted by Gasteiger charge is 2.46. The monoisotopic (exact) mass is 439 g/mol. The molecule has 0 unspecified atom stereocenters. The summed E-state index contributed by atoms with van der Waals surface area (Å²) in [5.41, 5.74) is 2.61. The quantitative estimate of drug-likeness (QED) is 0.414. The highest BCUT2D eigenvalue weighted by atomic mass is 16.5. The minimum atomic E-state index is -0.688. The second-order valence-corrected chi connectivity index (χ2v) is 8.26. The average molecular weight is 440 g/mol. The van der Waals surface area contributed by atoms with Crippen LogP contribution in [-0.2, 0) is 21.4 Å². The van der Waals surface area contributed by atoms with Crippen molar-refractivity contribution in [1.82, 2.24) is 24.6 Å². The number of aryl methyl sites for hydroxylation is 2. The van der Waals surface area contributed by atoms with Crippen LogP contribution >= 0.6 is 0 Å². The Morgan fingerprint density at radius 2 is 1.97 bits per heavy atom. The molecule has 32 heavy (non-hydrogen) atoms. The van der Waals surface area contributed by atoms with Gasteiger partial charge in [-0.05, 0) is 31.9 Å². The zero-order valence-corrected chi connectivity index (χ0v) is 18.7. The van der Waals surface area contributed by atoms with Gasteiger partial charge in [-0.25, -0.2) is 0 Å². The van der Waals surface area contributed by atoms with Crippen LogP contribution in [0, 0.1) is 13.8 Å². The molecule has 2 aliphatic rings. The summed E-state index contributed by atoms with van der Waals surface area (Å²) in [6.07, 6.45) is 4.00. The van der Waals surface area contributed by atoms with Crippen LogP contribution in [0.25, 0.3) is 5.76 Å². The summed E-state index contributed by atoms with van der Waals surface area (Å²) < 4.78 is 7.05. The summed E-state index contributed by atoms with van der Waals surface area (Å²) in [6.45, 7) is 7.98. The number of nitrogens with zero attached hydrogens (tertiary/aromatic N) is 5. The molecule has 9 heteroatoms. The predicted octanol–water partition coefficient (Wildman–Crippen LogP) is 1.58. The van der Waals surface area contributed by atoms with E-state index >= 15 is 0 Å². The molecule has 0 aromatic carbocycles. The molecule has 0 bridgehead atoms. The van der Waals surface area contributed by atoms with Crippen molar-refractivity contribution in [2.45, 2.75) is 26.3 Å². The van der Waals surface area contributed by atoms with Crippen LogP contribution in [0.3, 0.4) is 0 Å². The molecule has 4 heterocycles. The molecule has 0 radical (unpaired) electrons. The van der Waals surface area contributed by atoms with Gasteiger partial charge in [0, 0.05) is 51.3 Å². The van der Waals surface area contributed by atoms with Gasteiger partial charge in [0.15, 0.2) is 0 Å². The first-order valence-corrected chi connectivity index (χ1v) is 10.9. The average Bonchev–Trinajstić information content (AvgIpc) is 3.20. The molecule has 1 atom stereocenters. The van der Waals surface area contributed by atoms with Crippen LogP contribution in [0.15, 0.2) is 30.1 Å². The fraction of sp³-hybridized carbons (Fsp3) is 0.478. The van der Waals surface area contributed by atoms with Crippen molar-refractivity contribution in [2.24, 2.45) is 7.05 Å². The fourth-order valence-corrected chi connectivity index (χ4v) is 4.54. The number of carbonyl (C=O) groups is 2. The maximum Gasteiger partial charge on any atom is 0.295 e. The summed E-state index contributed by atoms with van der Waals surface area (Å²) in [7, 11) is 1.78. The van der Waals surface area contributed by atoms with Crippen LogP contribution in [0.5, 0.6) is 0 Å². The maximum atomic E-state index is 13.1. The SMILES string of the molecule is Cc1nn(C)c(C)c1/C(O)=C1\C(=O)C(=O)N(CCCN2CCOCC2)[C@@H]1c1cccnc1. The lowest BCUT2D eigenvalue weighted by molar-refractivity contribution is -0.140. The molecule has 2 aromatic heterocycles. The summed E-state index contributed by atoms with van der Waals surface area (Å²) >= 11 is 0. The lowest BCUT2D eigenvalue weighted by atomic mass is 9.95. The minimum Gasteiger partial charge on any atom is -0.507 e. The second kappa shape index (κ2) is 9.22. The van der Waals surface area contributed by atoms with Crippen LogP contribution in [0.2, 0.25) is 0 Å². The van der Waals surface area contributed by atoms with E-state index in [9.17, 15) is 14.7 Å². The molecule has 170 valence electrons. The van der Waals surface area contributed by atoms with E-state index in [4.69, 9.17) is 4.74 Å². The molecule has 4 rings (SSSR count). The van der Waals surface area contributed by atoms with Crippen LogP contribution < -0.4 is 0 Å². The number of morpholine rings is 1. The number of aliphatic hydroxyl groups is 1. The topological polar surface area (TPSA) is 101 Å². The first-order valence-electron chi connectivity index (χ1n) is 10.9. The number of ketones is 1. The number of Topliss-reactive ketones (excluding diaryl/α,β-unsaturated/α-hetero) is 1. The van der Waals surface area contributed by atoms with Gasteiger partial charge in [0.25, 0.3) is 11.7 Å². The minimum absolute atomic E-state index is 0.0913. The molecular formula is C23H29N5O4. The summed E-state index contributed by atoms with van der Waals surface area (Å²) in [4.78, 5) is 34.2. The lowest BCUT2D eigenvalue weighted by Crippen LogP contribution is -2.39. The second-order valence-electron chi connectivity index (χ2n) is 8.26. The number of carbonyl (C=O) groups excluding carboxylic acids is 2. The van der Waals surface area contributed by atoms with Crippen molar-refractivity contribution < 1.29 is 19.4 Å². The van der Waals surface area contributed by atoms with Gasteiger partial charge in [-0.3, -0.25) is 24.2 Å². The maximum absolute atomic E-state index is 13.1. The Hall–Kier alpha value is -3.04. The van der Waals surface area contributed by atoms with Gasteiger partial charge in [0.05, 0.1) is 36.1 Å². The van der Waals surface area contributed by atoms with Crippen LogP contribution in [0.1, 0.15) is 35.0 Å². The van der Waals surface area contributed by atoms with E-state index in [1.807, 2.05) is 13.0 Å². The third-order valence-corrected chi connectivity index (χ3v) is 6.26. The number of hydrogen-bond acceptors (Lipinski definition) is 7. The van der Waals surface area contributed by atoms with Gasteiger partial charge in [-0.15, -0.1) is 0 Å². The van der Waals surface area contributed by atoms with Crippen molar-refractivity contribution in [3.05, 3.63) is 52.6 Å². The van der Waals surface area contributed by atoms with Crippen molar-refractivity contribution in [3.8, 4) is 0 Å². The Morgan fingerprint density at radius 3 is 2.59 bits per heavy atom. The molecule has 2 fully saturated rings. The first-order chi connectivity index (χ1) is 15.4. The number of likely N-dealkylation sites (tertiary alicyclic amines) is 1.